The summed E-state index contributed by atoms with van der Waals surface area (Å²) in [6.45, 7) is 11.1. The van der Waals surface area contributed by atoms with Crippen LogP contribution in [0.25, 0.3) is 0 Å². The van der Waals surface area contributed by atoms with Crippen LogP contribution in [0.2, 0.25) is 0 Å². The number of carbonyl (C=O) groups is 2. The van der Waals surface area contributed by atoms with Crippen molar-refractivity contribution in [2.45, 2.75) is 39.1 Å². The molecule has 0 aliphatic carbocycles. The lowest BCUT2D eigenvalue weighted by atomic mass is 10.1. The van der Waals surface area contributed by atoms with Gasteiger partial charge in [-0.3, -0.25) is 4.79 Å². The molecule has 0 aliphatic heterocycles. The van der Waals surface area contributed by atoms with Gasteiger partial charge in [-0.25, -0.2) is 27.9 Å². The van der Waals surface area contributed by atoms with Crippen molar-refractivity contribution in [2.75, 3.05) is 16.6 Å². The number of hydrogen-bond acceptors (Lipinski definition) is 7. The van der Waals surface area contributed by atoms with Crippen LogP contribution >= 0.6 is 0 Å². The van der Waals surface area contributed by atoms with E-state index < -0.39 is 21.9 Å². The van der Waals surface area contributed by atoms with Crippen LogP contribution in [0.15, 0.2) is 54.1 Å². The summed E-state index contributed by atoms with van der Waals surface area (Å²) >= 11 is 0. The van der Waals surface area contributed by atoms with E-state index >= 15 is 0 Å². The molecule has 2 heterocycles. The number of rotatable bonds is 9. The van der Waals surface area contributed by atoms with Crippen molar-refractivity contribution in [2.24, 2.45) is 0 Å². The van der Waals surface area contributed by atoms with Gasteiger partial charge in [0.2, 0.25) is 5.95 Å². The Labute approximate surface area is 204 Å². The number of anilines is 2. The van der Waals surface area contributed by atoms with Gasteiger partial charge in [-0.2, -0.15) is 0 Å². The van der Waals surface area contributed by atoms with Crippen molar-refractivity contribution in [3.63, 3.8) is 0 Å². The Morgan fingerprint density at radius 3 is 2.43 bits per heavy atom. The summed E-state index contributed by atoms with van der Waals surface area (Å²) in [4.78, 5) is 33.5. The molecule has 0 aliphatic rings. The average molecular weight is 498 g/mol. The average Bonchev–Trinajstić information content (AvgIpc) is 3.03. The topological polar surface area (TPSA) is 132 Å². The van der Waals surface area contributed by atoms with Crippen LogP contribution < -0.4 is 10.0 Å². The van der Waals surface area contributed by atoms with Gasteiger partial charge in [-0.15, -0.1) is 6.58 Å². The SMILES string of the molecule is C=CCn1c(C)c(C(=O)Nc2ccc(S(=O)(=O)Nc3nccc(C)n3)cc2)c(C)c1C(=O)OCC. The standard InChI is InChI=1S/C24H27N5O5S/c1-6-14-29-17(5)20(16(4)21(29)23(31)34-7-2)22(30)27-18-8-10-19(11-9-18)35(32,33)28-24-25-13-12-15(3)26-24/h6,8-13H,1,7,14H2,2-5H3,(H,27,30)(H,25,26,28). The number of ether oxygens (including phenoxy) is 1. The molecule has 10 nitrogen and oxygen atoms in total. The Kier molecular flexibility index (Phi) is 7.70. The van der Waals surface area contributed by atoms with E-state index in [4.69, 9.17) is 4.74 Å². The molecule has 1 aromatic carbocycles. The second-order valence-corrected chi connectivity index (χ2v) is 9.34. The maximum absolute atomic E-state index is 13.1. The third-order valence-electron chi connectivity index (χ3n) is 5.22. The summed E-state index contributed by atoms with van der Waals surface area (Å²) in [5.74, 6) is -0.987. The highest BCUT2D eigenvalue weighted by molar-refractivity contribution is 7.92. The molecule has 1 amide bonds. The van der Waals surface area contributed by atoms with Gasteiger partial charge in [-0.05, 0) is 63.6 Å². The Morgan fingerprint density at radius 2 is 1.83 bits per heavy atom. The fourth-order valence-electron chi connectivity index (χ4n) is 3.64. The minimum absolute atomic E-state index is 0.0188. The third kappa shape index (κ3) is 5.57. The number of hydrogen-bond donors (Lipinski definition) is 2. The van der Waals surface area contributed by atoms with Crippen molar-refractivity contribution in [3.05, 3.63) is 77.4 Å². The molecule has 0 saturated heterocycles. The zero-order valence-electron chi connectivity index (χ0n) is 20.0. The van der Waals surface area contributed by atoms with Gasteiger partial charge in [0.05, 0.1) is 17.1 Å². The number of carbonyl (C=O) groups excluding carboxylic acids is 2. The predicted octanol–water partition coefficient (Wildman–Crippen LogP) is 3.62. The van der Waals surface area contributed by atoms with Gasteiger partial charge in [0.1, 0.15) is 5.69 Å². The van der Waals surface area contributed by atoms with E-state index in [0.29, 0.717) is 40.4 Å². The van der Waals surface area contributed by atoms with E-state index in [0.717, 1.165) is 0 Å². The first-order valence-electron chi connectivity index (χ1n) is 10.8. The quantitative estimate of drug-likeness (QED) is 0.341. The minimum Gasteiger partial charge on any atom is -0.461 e. The molecule has 0 bridgehead atoms. The Morgan fingerprint density at radius 1 is 1.14 bits per heavy atom. The molecule has 184 valence electrons. The van der Waals surface area contributed by atoms with Crippen molar-refractivity contribution in [1.29, 1.82) is 0 Å². The highest BCUT2D eigenvalue weighted by Gasteiger charge is 2.27. The summed E-state index contributed by atoms with van der Waals surface area (Å²) in [6, 6.07) is 7.32. The number of nitrogens with zero attached hydrogens (tertiary/aromatic N) is 3. The summed E-state index contributed by atoms with van der Waals surface area (Å²) in [7, 11) is -3.92. The van der Waals surface area contributed by atoms with Crippen molar-refractivity contribution >= 4 is 33.5 Å². The molecule has 3 rings (SSSR count). The molecule has 0 unspecified atom stereocenters. The zero-order chi connectivity index (χ0) is 25.8. The highest BCUT2D eigenvalue weighted by Crippen LogP contribution is 2.25. The van der Waals surface area contributed by atoms with Crippen molar-refractivity contribution in [1.82, 2.24) is 14.5 Å². The lowest BCUT2D eigenvalue weighted by molar-refractivity contribution is 0.0513. The Bertz CT molecular complexity index is 1380. The summed E-state index contributed by atoms with van der Waals surface area (Å²) in [6.07, 6.45) is 3.09. The summed E-state index contributed by atoms with van der Waals surface area (Å²) < 4.78 is 34.5. The van der Waals surface area contributed by atoms with Gasteiger partial charge in [0.15, 0.2) is 0 Å². The normalized spacial score (nSPS) is 11.1. The maximum Gasteiger partial charge on any atom is 0.355 e. The van der Waals surface area contributed by atoms with Gasteiger partial charge in [-0.1, -0.05) is 6.08 Å². The molecule has 3 aromatic rings. The van der Waals surface area contributed by atoms with Crippen LogP contribution in [0, 0.1) is 20.8 Å². The predicted molar refractivity (Wildman–Crippen MR) is 132 cm³/mol. The van der Waals surface area contributed by atoms with E-state index in [2.05, 4.69) is 26.6 Å². The molecule has 2 N–H and O–H groups in total. The lowest BCUT2D eigenvalue weighted by Gasteiger charge is -2.10. The second kappa shape index (κ2) is 10.5. The first-order chi connectivity index (χ1) is 16.6. The number of aromatic nitrogens is 3. The second-order valence-electron chi connectivity index (χ2n) is 7.66. The van der Waals surface area contributed by atoms with Gasteiger partial charge < -0.3 is 14.6 Å². The maximum atomic E-state index is 13.1. The molecular formula is C24H27N5O5S. The molecular weight excluding hydrogens is 470 g/mol. The third-order valence-corrected chi connectivity index (χ3v) is 6.56. The van der Waals surface area contributed by atoms with E-state index in [9.17, 15) is 18.0 Å². The van der Waals surface area contributed by atoms with Crippen LogP contribution in [0.3, 0.4) is 0 Å². The molecule has 0 spiro atoms. The Balaban J connectivity index is 1.84. The monoisotopic (exact) mass is 497 g/mol. The number of amides is 1. The minimum atomic E-state index is -3.92. The number of nitrogens with one attached hydrogen (secondary N) is 2. The van der Waals surface area contributed by atoms with Crippen LogP contribution in [0.5, 0.6) is 0 Å². The van der Waals surface area contributed by atoms with E-state index in [1.165, 1.54) is 30.5 Å². The van der Waals surface area contributed by atoms with Gasteiger partial charge >= 0.3 is 5.97 Å². The molecule has 0 saturated carbocycles. The van der Waals surface area contributed by atoms with E-state index in [-0.39, 0.29) is 17.5 Å². The molecule has 35 heavy (non-hydrogen) atoms. The van der Waals surface area contributed by atoms with Crippen LogP contribution in [-0.4, -0.2) is 41.4 Å². The summed E-state index contributed by atoms with van der Waals surface area (Å²) in [5.41, 5.74) is 2.71. The molecule has 2 aromatic heterocycles. The fraction of sp³-hybridized carbons (Fsp3) is 0.250. The van der Waals surface area contributed by atoms with Crippen LogP contribution in [0.1, 0.15) is 44.7 Å². The smallest absolute Gasteiger partial charge is 0.355 e. The largest absolute Gasteiger partial charge is 0.461 e. The lowest BCUT2D eigenvalue weighted by Crippen LogP contribution is -2.16. The van der Waals surface area contributed by atoms with Crippen LogP contribution in [0.4, 0.5) is 11.6 Å². The number of benzene rings is 1. The first-order valence-corrected chi connectivity index (χ1v) is 12.3. The fourth-order valence-corrected chi connectivity index (χ4v) is 4.59. The van der Waals surface area contributed by atoms with Crippen molar-refractivity contribution < 1.29 is 22.7 Å². The zero-order valence-corrected chi connectivity index (χ0v) is 20.8. The first kappa shape index (κ1) is 25.6. The van der Waals surface area contributed by atoms with Crippen molar-refractivity contribution in [3.8, 4) is 0 Å². The molecule has 11 heteroatoms. The van der Waals surface area contributed by atoms with Gasteiger partial charge in [0.25, 0.3) is 15.9 Å². The number of sulfonamides is 1. The number of esters is 1. The Hall–Kier alpha value is -3.99. The molecule has 0 atom stereocenters. The molecule has 0 fully saturated rings. The highest BCUT2D eigenvalue weighted by atomic mass is 32.2. The van der Waals surface area contributed by atoms with E-state index in [1.54, 1.807) is 44.4 Å². The summed E-state index contributed by atoms with van der Waals surface area (Å²) in [5, 5.41) is 2.76. The number of allylic oxidation sites excluding steroid dienone is 1. The van der Waals surface area contributed by atoms with E-state index in [1.807, 2.05) is 0 Å². The molecule has 0 radical (unpaired) electrons. The number of aryl methyl sites for hydroxylation is 1. The van der Waals surface area contributed by atoms with Gasteiger partial charge in [0, 0.05) is 29.8 Å². The van der Waals surface area contributed by atoms with Crippen LogP contribution in [-0.2, 0) is 21.3 Å².